The predicted molar refractivity (Wildman–Crippen MR) is 50.8 cm³/mol. The van der Waals surface area contributed by atoms with E-state index in [-0.39, 0.29) is 12.0 Å². The zero-order valence-electron chi connectivity index (χ0n) is 8.10. The van der Waals surface area contributed by atoms with Gasteiger partial charge in [-0.15, -0.1) is 0 Å². The Kier molecular flexibility index (Phi) is 3.69. The highest BCUT2D eigenvalue weighted by Crippen LogP contribution is 2.15. The summed E-state index contributed by atoms with van der Waals surface area (Å²) in [5.74, 6) is -0.717. The normalized spacial score (nSPS) is 19.5. The zero-order chi connectivity index (χ0) is 9.73. The minimum absolute atomic E-state index is 0.166. The van der Waals surface area contributed by atoms with Gasteiger partial charge in [-0.05, 0) is 13.0 Å². The summed E-state index contributed by atoms with van der Waals surface area (Å²) in [6, 6.07) is 0. The number of unbranched alkanes of at least 4 members (excludes halogenated alkanes) is 1. The summed E-state index contributed by atoms with van der Waals surface area (Å²) in [6.45, 7) is 4.61. The summed E-state index contributed by atoms with van der Waals surface area (Å²) in [4.78, 5) is 10.6. The van der Waals surface area contributed by atoms with Crippen molar-refractivity contribution < 1.29 is 9.90 Å². The smallest absolute Gasteiger partial charge is 0.305 e. The second-order valence-corrected chi connectivity index (χ2v) is 3.73. The Morgan fingerprint density at radius 2 is 2.31 bits per heavy atom. The molecule has 4 nitrogen and oxygen atoms in total. The minimum atomic E-state index is -0.717. The van der Waals surface area contributed by atoms with Gasteiger partial charge in [0.1, 0.15) is 0 Å². The van der Waals surface area contributed by atoms with E-state index in [4.69, 9.17) is 5.11 Å². The van der Waals surface area contributed by atoms with E-state index < -0.39 is 5.97 Å². The largest absolute Gasteiger partial charge is 0.481 e. The average molecular weight is 186 g/mol. The molecule has 0 radical (unpaired) electrons. The molecule has 1 rings (SSSR count). The van der Waals surface area contributed by atoms with E-state index in [1.165, 1.54) is 0 Å². The van der Waals surface area contributed by atoms with Gasteiger partial charge in [0.15, 0.2) is 0 Å². The number of hydrogen-bond donors (Lipinski definition) is 3. The molecule has 1 heterocycles. The monoisotopic (exact) mass is 186 g/mol. The van der Waals surface area contributed by atoms with Gasteiger partial charge in [-0.1, -0.05) is 13.3 Å². The second-order valence-electron chi connectivity index (χ2n) is 3.73. The number of rotatable bonds is 6. The molecule has 0 bridgehead atoms. The molecule has 0 saturated carbocycles. The molecule has 0 aromatic carbocycles. The van der Waals surface area contributed by atoms with Crippen LogP contribution < -0.4 is 10.6 Å². The van der Waals surface area contributed by atoms with Crippen LogP contribution in [0.5, 0.6) is 0 Å². The number of aliphatic carboxylic acids is 1. The molecule has 0 aromatic rings. The van der Waals surface area contributed by atoms with Crippen LogP contribution in [0.3, 0.4) is 0 Å². The van der Waals surface area contributed by atoms with E-state index >= 15 is 0 Å². The topological polar surface area (TPSA) is 61.4 Å². The number of nitrogens with one attached hydrogen (secondary N) is 2. The maximum absolute atomic E-state index is 10.6. The van der Waals surface area contributed by atoms with Crippen molar-refractivity contribution in [3.05, 3.63) is 0 Å². The van der Waals surface area contributed by atoms with Crippen LogP contribution in [0.1, 0.15) is 26.2 Å². The van der Waals surface area contributed by atoms with Gasteiger partial charge >= 0.3 is 5.97 Å². The van der Waals surface area contributed by atoms with Crippen molar-refractivity contribution in [2.24, 2.45) is 0 Å². The highest BCUT2D eigenvalue weighted by molar-refractivity contribution is 5.68. The van der Waals surface area contributed by atoms with Gasteiger partial charge in [0.25, 0.3) is 0 Å². The molecule has 13 heavy (non-hydrogen) atoms. The number of carbonyl (C=O) groups is 1. The molecule has 3 N–H and O–H groups in total. The van der Waals surface area contributed by atoms with E-state index in [1.54, 1.807) is 0 Å². The van der Waals surface area contributed by atoms with Crippen molar-refractivity contribution in [3.63, 3.8) is 0 Å². The van der Waals surface area contributed by atoms with Crippen molar-refractivity contribution >= 4 is 5.97 Å². The summed E-state index contributed by atoms with van der Waals surface area (Å²) >= 11 is 0. The molecular weight excluding hydrogens is 168 g/mol. The highest BCUT2D eigenvalue weighted by atomic mass is 16.4. The molecule has 0 aliphatic carbocycles. The Morgan fingerprint density at radius 1 is 1.62 bits per heavy atom. The first kappa shape index (κ1) is 10.5. The third-order valence-electron chi connectivity index (χ3n) is 2.45. The first-order valence-electron chi connectivity index (χ1n) is 4.86. The molecule has 1 aliphatic rings. The molecule has 0 unspecified atom stereocenters. The quantitative estimate of drug-likeness (QED) is 0.518. The molecule has 76 valence electrons. The van der Waals surface area contributed by atoms with Crippen LogP contribution in [0.4, 0.5) is 0 Å². The summed E-state index contributed by atoms with van der Waals surface area (Å²) in [5, 5.41) is 15.1. The summed E-state index contributed by atoms with van der Waals surface area (Å²) in [5.41, 5.74) is -0.166. The van der Waals surface area contributed by atoms with Gasteiger partial charge in [0.05, 0.1) is 12.0 Å². The standard InChI is InChI=1S/C9H18N2O2/c1-2-3-4-11-9(5-8(12)13)6-10-7-9/h10-11H,2-7H2,1H3,(H,12,13). The Balaban J connectivity index is 2.27. The van der Waals surface area contributed by atoms with Crippen molar-refractivity contribution in [1.82, 2.24) is 10.6 Å². The average Bonchev–Trinajstić information content (AvgIpc) is 1.99. The lowest BCUT2D eigenvalue weighted by molar-refractivity contribution is -0.139. The lowest BCUT2D eigenvalue weighted by Crippen LogP contribution is -2.68. The number of carboxylic acid groups (broad SMARTS) is 1. The van der Waals surface area contributed by atoms with Crippen LogP contribution in [0, 0.1) is 0 Å². The van der Waals surface area contributed by atoms with E-state index in [2.05, 4.69) is 17.6 Å². The fourth-order valence-corrected chi connectivity index (χ4v) is 1.56. The van der Waals surface area contributed by atoms with Crippen LogP contribution in [0.2, 0.25) is 0 Å². The first-order chi connectivity index (χ1) is 6.18. The number of carboxylic acids is 1. The van der Waals surface area contributed by atoms with Gasteiger partial charge < -0.3 is 15.7 Å². The summed E-state index contributed by atoms with van der Waals surface area (Å²) in [6.07, 6.45) is 2.48. The van der Waals surface area contributed by atoms with Crippen molar-refractivity contribution in [3.8, 4) is 0 Å². The van der Waals surface area contributed by atoms with E-state index in [0.717, 1.165) is 32.5 Å². The molecule has 0 atom stereocenters. The van der Waals surface area contributed by atoms with E-state index in [9.17, 15) is 4.79 Å². The SMILES string of the molecule is CCCCNC1(CC(=O)O)CNC1. The summed E-state index contributed by atoms with van der Waals surface area (Å²) in [7, 11) is 0. The van der Waals surface area contributed by atoms with Gasteiger partial charge in [-0.2, -0.15) is 0 Å². The van der Waals surface area contributed by atoms with Crippen molar-refractivity contribution in [1.29, 1.82) is 0 Å². The third kappa shape index (κ3) is 2.97. The van der Waals surface area contributed by atoms with E-state index in [0.29, 0.717) is 0 Å². The predicted octanol–water partition coefficient (Wildman–Crippen LogP) is 0.193. The van der Waals surface area contributed by atoms with Crippen LogP contribution >= 0.6 is 0 Å². The summed E-state index contributed by atoms with van der Waals surface area (Å²) < 4.78 is 0. The molecule has 1 fully saturated rings. The van der Waals surface area contributed by atoms with Crippen LogP contribution in [0.25, 0.3) is 0 Å². The van der Waals surface area contributed by atoms with E-state index in [1.807, 2.05) is 0 Å². The van der Waals surface area contributed by atoms with Crippen molar-refractivity contribution in [2.75, 3.05) is 19.6 Å². The molecule has 0 amide bonds. The lowest BCUT2D eigenvalue weighted by atomic mass is 9.88. The molecule has 1 saturated heterocycles. The second kappa shape index (κ2) is 4.58. The van der Waals surface area contributed by atoms with Crippen LogP contribution in [0.15, 0.2) is 0 Å². The maximum Gasteiger partial charge on any atom is 0.305 e. The zero-order valence-corrected chi connectivity index (χ0v) is 8.10. The highest BCUT2D eigenvalue weighted by Gasteiger charge is 2.38. The third-order valence-corrected chi connectivity index (χ3v) is 2.45. The Hall–Kier alpha value is -0.610. The molecule has 4 heteroatoms. The fraction of sp³-hybridized carbons (Fsp3) is 0.889. The van der Waals surface area contributed by atoms with Crippen LogP contribution in [-0.2, 0) is 4.79 Å². The minimum Gasteiger partial charge on any atom is -0.481 e. The maximum atomic E-state index is 10.6. The van der Waals surface area contributed by atoms with Gasteiger partial charge in [-0.3, -0.25) is 4.79 Å². The molecule has 0 spiro atoms. The Morgan fingerprint density at radius 3 is 2.69 bits per heavy atom. The van der Waals surface area contributed by atoms with Gasteiger partial charge in [-0.25, -0.2) is 0 Å². The molecule has 1 aliphatic heterocycles. The van der Waals surface area contributed by atoms with Crippen LogP contribution in [-0.4, -0.2) is 36.2 Å². The molecular formula is C9H18N2O2. The van der Waals surface area contributed by atoms with Crippen molar-refractivity contribution in [2.45, 2.75) is 31.7 Å². The Labute approximate surface area is 78.7 Å². The fourth-order valence-electron chi connectivity index (χ4n) is 1.56. The first-order valence-corrected chi connectivity index (χ1v) is 4.86. The molecule has 0 aromatic heterocycles. The number of hydrogen-bond acceptors (Lipinski definition) is 3. The Bertz CT molecular complexity index is 178. The lowest BCUT2D eigenvalue weighted by Gasteiger charge is -2.42. The van der Waals surface area contributed by atoms with Gasteiger partial charge in [0, 0.05) is 13.1 Å². The van der Waals surface area contributed by atoms with Gasteiger partial charge in [0.2, 0.25) is 0 Å².